The van der Waals surface area contributed by atoms with Crippen LogP contribution in [0.25, 0.3) is 0 Å². The third kappa shape index (κ3) is 4.72. The van der Waals surface area contributed by atoms with Crippen LogP contribution in [0.4, 0.5) is 4.39 Å². The normalized spacial score (nSPS) is 29.6. The standard InChI is InChI=1S/C30H35FIN2O3/c31-24-12-7-13-25(18-24)36-28-21-14-16-34(17-15-21,29(28)32)20-26-19-27(33-37-26)30(35,22-8-3-1-4-9-22)23-10-5-2-6-11-23/h1,3-4,7-9,12-13,18-19,21,23,28-29,35H,2,5-6,10-11,14-17,20H2/q+1/t21?,28?,29?,30-,34?/m0/s1. The number of hydrogen-bond donors (Lipinski definition) is 1. The number of quaternary nitrogens is 1. The third-order valence-corrected chi connectivity index (χ3v) is 10.9. The first kappa shape index (κ1) is 25.3. The highest BCUT2D eigenvalue weighted by Crippen LogP contribution is 2.46. The third-order valence-electron chi connectivity index (χ3n) is 9.05. The molecule has 1 N–H and O–H groups in total. The summed E-state index contributed by atoms with van der Waals surface area (Å²) in [6.07, 6.45) is 7.66. The van der Waals surface area contributed by atoms with Crippen LogP contribution < -0.4 is 4.74 Å². The number of ether oxygens (including phenoxy) is 1. The molecule has 0 spiro atoms. The number of fused-ring (bicyclic) bond motifs is 3. The van der Waals surface area contributed by atoms with Gasteiger partial charge in [0.2, 0.25) is 0 Å². The minimum absolute atomic E-state index is 0.0239. The van der Waals surface area contributed by atoms with Crippen LogP contribution in [0, 0.1) is 17.7 Å². The molecule has 4 fully saturated rings. The van der Waals surface area contributed by atoms with Crippen LogP contribution in [-0.2, 0) is 12.1 Å². The molecule has 1 aliphatic carbocycles. The van der Waals surface area contributed by atoms with Crippen LogP contribution >= 0.6 is 22.6 Å². The summed E-state index contributed by atoms with van der Waals surface area (Å²) in [5.74, 6) is 1.74. The molecule has 196 valence electrons. The monoisotopic (exact) mass is 617 g/mol. The maximum Gasteiger partial charge on any atom is 0.191 e. The average molecular weight is 618 g/mol. The molecule has 1 saturated carbocycles. The SMILES string of the molecule is O[C@](c1ccccc1)(c1cc(C[N+]23CCC(CC2)C(Oc2cccc(F)c2)C3I)on1)C1CCCCC1. The van der Waals surface area contributed by atoms with Crippen molar-refractivity contribution in [2.75, 3.05) is 13.1 Å². The first-order valence-electron chi connectivity index (χ1n) is 13.6. The minimum Gasteiger partial charge on any atom is -0.483 e. The average Bonchev–Trinajstić information content (AvgIpc) is 3.40. The van der Waals surface area contributed by atoms with Crippen molar-refractivity contribution >= 4 is 22.6 Å². The Morgan fingerprint density at radius 2 is 1.76 bits per heavy atom. The van der Waals surface area contributed by atoms with Gasteiger partial charge in [0, 0.05) is 30.9 Å². The zero-order chi connectivity index (χ0) is 25.5. The number of hydrogen-bond acceptors (Lipinski definition) is 4. The van der Waals surface area contributed by atoms with Gasteiger partial charge in [-0.05, 0) is 59.0 Å². The van der Waals surface area contributed by atoms with Crippen molar-refractivity contribution in [3.05, 3.63) is 83.5 Å². The van der Waals surface area contributed by atoms with E-state index in [1.165, 1.54) is 18.6 Å². The number of alkyl halides is 1. The molecule has 7 rings (SSSR count). The fourth-order valence-electron chi connectivity index (χ4n) is 6.99. The number of halogens is 2. The molecule has 0 amide bonds. The van der Waals surface area contributed by atoms with Gasteiger partial charge in [0.05, 0.1) is 13.1 Å². The molecule has 7 heteroatoms. The van der Waals surface area contributed by atoms with Gasteiger partial charge in [0.15, 0.2) is 15.9 Å². The van der Waals surface area contributed by atoms with E-state index in [-0.39, 0.29) is 21.9 Å². The Kier molecular flexibility index (Phi) is 7.05. The van der Waals surface area contributed by atoms with Crippen LogP contribution in [0.2, 0.25) is 0 Å². The number of benzene rings is 2. The van der Waals surface area contributed by atoms with Gasteiger partial charge in [-0.3, -0.25) is 0 Å². The van der Waals surface area contributed by atoms with Crippen molar-refractivity contribution in [3.8, 4) is 5.75 Å². The van der Waals surface area contributed by atoms with Gasteiger partial charge in [-0.2, -0.15) is 0 Å². The van der Waals surface area contributed by atoms with E-state index < -0.39 is 5.60 Å². The first-order chi connectivity index (χ1) is 18.0. The fraction of sp³-hybridized carbons (Fsp3) is 0.500. The maximum absolute atomic E-state index is 13.8. The molecule has 5 nitrogen and oxygen atoms in total. The number of piperidine rings is 3. The molecule has 37 heavy (non-hydrogen) atoms. The molecule has 0 radical (unpaired) electrons. The lowest BCUT2D eigenvalue weighted by atomic mass is 9.71. The van der Waals surface area contributed by atoms with E-state index in [1.54, 1.807) is 6.07 Å². The zero-order valence-electron chi connectivity index (χ0n) is 21.1. The molecule has 3 aliphatic heterocycles. The lowest BCUT2D eigenvalue weighted by Gasteiger charge is -2.55. The first-order valence-corrected chi connectivity index (χ1v) is 14.9. The second kappa shape index (κ2) is 10.3. The summed E-state index contributed by atoms with van der Waals surface area (Å²) in [4.78, 5) is 0. The number of aromatic nitrogens is 1. The predicted molar refractivity (Wildman–Crippen MR) is 148 cm³/mol. The van der Waals surface area contributed by atoms with E-state index >= 15 is 0 Å². The quantitative estimate of drug-likeness (QED) is 0.141. The largest absolute Gasteiger partial charge is 0.483 e. The van der Waals surface area contributed by atoms with Crippen molar-refractivity contribution in [1.29, 1.82) is 0 Å². The van der Waals surface area contributed by atoms with Crippen LogP contribution in [0.15, 0.2) is 65.2 Å². The Hall–Kier alpha value is -1.97. The second-order valence-corrected chi connectivity index (χ2v) is 12.5. The summed E-state index contributed by atoms with van der Waals surface area (Å²) in [6.45, 7) is 2.83. The summed E-state index contributed by atoms with van der Waals surface area (Å²) in [5.41, 5.74) is 0.372. The lowest BCUT2D eigenvalue weighted by molar-refractivity contribution is -0.964. The fourth-order valence-corrected chi connectivity index (χ4v) is 8.48. The highest BCUT2D eigenvalue weighted by Gasteiger charge is 2.54. The zero-order valence-corrected chi connectivity index (χ0v) is 23.2. The van der Waals surface area contributed by atoms with Gasteiger partial charge in [-0.1, -0.05) is 60.8 Å². The van der Waals surface area contributed by atoms with Gasteiger partial charge in [-0.25, -0.2) is 4.39 Å². The van der Waals surface area contributed by atoms with E-state index in [0.29, 0.717) is 23.9 Å². The summed E-state index contributed by atoms with van der Waals surface area (Å²) in [5, 5.41) is 16.7. The number of nitrogens with zero attached hydrogens (tertiary/aromatic N) is 2. The Morgan fingerprint density at radius 1 is 1.00 bits per heavy atom. The van der Waals surface area contributed by atoms with Gasteiger partial charge < -0.3 is 18.8 Å². The van der Waals surface area contributed by atoms with Crippen molar-refractivity contribution in [2.45, 2.75) is 67.2 Å². The maximum atomic E-state index is 13.8. The van der Waals surface area contributed by atoms with Gasteiger partial charge >= 0.3 is 0 Å². The summed E-state index contributed by atoms with van der Waals surface area (Å²) in [6, 6.07) is 18.4. The van der Waals surface area contributed by atoms with Crippen LogP contribution in [0.5, 0.6) is 5.75 Å². The minimum atomic E-state index is -1.15. The van der Waals surface area contributed by atoms with E-state index in [9.17, 15) is 9.50 Å². The highest BCUT2D eigenvalue weighted by molar-refractivity contribution is 14.1. The second-order valence-electron chi connectivity index (χ2n) is 11.2. The van der Waals surface area contributed by atoms with Gasteiger partial charge in [0.25, 0.3) is 0 Å². The molecule has 4 aliphatic rings. The predicted octanol–water partition coefficient (Wildman–Crippen LogP) is 6.58. The van der Waals surface area contributed by atoms with E-state index in [1.807, 2.05) is 42.5 Å². The highest BCUT2D eigenvalue weighted by atomic mass is 127. The molecular formula is C30H35FIN2O3+. The van der Waals surface area contributed by atoms with E-state index in [0.717, 1.165) is 67.4 Å². The Bertz CT molecular complexity index is 1210. The molecule has 1 aromatic heterocycles. The summed E-state index contributed by atoms with van der Waals surface area (Å²) in [7, 11) is 0. The number of rotatable bonds is 7. The van der Waals surface area contributed by atoms with E-state index in [2.05, 4.69) is 27.7 Å². The smallest absolute Gasteiger partial charge is 0.191 e. The summed E-state index contributed by atoms with van der Waals surface area (Å²) < 4.78 is 27.2. The van der Waals surface area contributed by atoms with Gasteiger partial charge in [-0.15, -0.1) is 0 Å². The topological polar surface area (TPSA) is 55.5 Å². The molecule has 4 heterocycles. The van der Waals surface area contributed by atoms with Crippen molar-refractivity contribution in [2.24, 2.45) is 11.8 Å². The van der Waals surface area contributed by atoms with E-state index in [4.69, 9.17) is 9.26 Å². The van der Waals surface area contributed by atoms with Crippen molar-refractivity contribution in [3.63, 3.8) is 0 Å². The van der Waals surface area contributed by atoms with Crippen molar-refractivity contribution in [1.82, 2.24) is 5.16 Å². The Morgan fingerprint density at radius 3 is 2.49 bits per heavy atom. The van der Waals surface area contributed by atoms with Crippen LogP contribution in [-0.4, -0.2) is 38.0 Å². The van der Waals surface area contributed by atoms with Crippen LogP contribution in [0.1, 0.15) is 62.0 Å². The summed E-state index contributed by atoms with van der Waals surface area (Å²) >= 11 is 2.54. The van der Waals surface area contributed by atoms with Crippen LogP contribution in [0.3, 0.4) is 0 Å². The molecule has 2 unspecified atom stereocenters. The van der Waals surface area contributed by atoms with Crippen molar-refractivity contribution < 1.29 is 23.2 Å². The molecule has 2 bridgehead atoms. The molecular weight excluding hydrogens is 582 g/mol. The molecule has 2 aromatic carbocycles. The molecule has 3 atom stereocenters. The Labute approximate surface area is 231 Å². The Balaban J connectivity index is 1.26. The lowest BCUT2D eigenvalue weighted by Crippen LogP contribution is -2.68. The molecule has 3 aromatic rings. The van der Waals surface area contributed by atoms with Gasteiger partial charge in [0.1, 0.15) is 29.4 Å². The molecule has 3 saturated heterocycles. The number of aliphatic hydroxyl groups is 1.